The lowest BCUT2D eigenvalue weighted by Gasteiger charge is -2.25. The lowest BCUT2D eigenvalue weighted by Crippen LogP contribution is -2.47. The second-order valence-electron chi connectivity index (χ2n) is 8.24. The summed E-state index contributed by atoms with van der Waals surface area (Å²) in [4.78, 5) is 24.8. The Balaban J connectivity index is 5.50. The number of Topliss-reactive ketones (excluding diaryl/α,β-unsaturated/α-hetero) is 1. The number of esters is 1. The number of hydrogen-bond donors (Lipinski definition) is 2. The fraction of sp³-hybridized carbons (Fsp3) is 0.778. The first-order valence-electron chi connectivity index (χ1n) is 8.56. The predicted molar refractivity (Wildman–Crippen MR) is 102 cm³/mol. The van der Waals surface area contributed by atoms with Crippen LogP contribution in [0.3, 0.4) is 0 Å². The number of nitrogens with one attached hydrogen (secondary N) is 1. The van der Waals surface area contributed by atoms with Crippen LogP contribution in [0.1, 0.15) is 61.8 Å². The normalized spacial score (nSPS) is 16.0. The van der Waals surface area contributed by atoms with Crippen LogP contribution in [-0.2, 0) is 25.1 Å². The minimum atomic E-state index is -1.25. The van der Waals surface area contributed by atoms with Gasteiger partial charge in [0.25, 0.3) is 0 Å². The Kier molecular flexibility index (Phi) is 9.02. The zero-order valence-electron chi connectivity index (χ0n) is 16.8. The van der Waals surface area contributed by atoms with Gasteiger partial charge in [0.1, 0.15) is 17.5 Å². The summed E-state index contributed by atoms with van der Waals surface area (Å²) in [5.41, 5.74) is 4.84. The Bertz CT molecular complexity index is 542. The molecule has 0 spiro atoms. The van der Waals surface area contributed by atoms with Gasteiger partial charge in [-0.2, -0.15) is 0 Å². The minimum Gasteiger partial charge on any atom is -0.427 e. The van der Waals surface area contributed by atoms with Gasteiger partial charge in [0.2, 0.25) is 0 Å². The minimum absolute atomic E-state index is 0.000678. The monoisotopic (exact) mass is 374 g/mol. The smallest absolute Gasteiger partial charge is 0.328 e. The van der Waals surface area contributed by atoms with Gasteiger partial charge in [-0.3, -0.25) is 14.3 Å². The van der Waals surface area contributed by atoms with Crippen molar-refractivity contribution in [1.29, 1.82) is 0 Å². The van der Waals surface area contributed by atoms with Crippen LogP contribution in [0, 0.1) is 5.41 Å². The number of rotatable bonds is 8. The van der Waals surface area contributed by atoms with Crippen molar-refractivity contribution in [2.24, 2.45) is 11.1 Å². The average molecular weight is 375 g/mol. The number of nitrogens with two attached hydrogens (primary N) is 1. The van der Waals surface area contributed by atoms with E-state index in [1.165, 1.54) is 0 Å². The summed E-state index contributed by atoms with van der Waals surface area (Å²) >= 11 is 0. The maximum absolute atomic E-state index is 12.4. The maximum atomic E-state index is 12.4. The number of carbonyl (C=O) groups excluding carboxylic acids is 2. The van der Waals surface area contributed by atoms with Crippen LogP contribution in [-0.4, -0.2) is 39.0 Å². The maximum Gasteiger partial charge on any atom is 0.328 e. The van der Waals surface area contributed by atoms with E-state index in [-0.39, 0.29) is 28.5 Å². The molecule has 25 heavy (non-hydrogen) atoms. The standard InChI is InChI=1S/C18H34N2O4S/c1-9-10-25(23)11-13(14(19)15(21)17(3,4)5)24-16(22)12(2)20-18(6,7)8/h12,20H,9-11,19H2,1-8H3/b14-13-. The van der Waals surface area contributed by atoms with Gasteiger partial charge in [0, 0.05) is 27.5 Å². The van der Waals surface area contributed by atoms with Gasteiger partial charge in [-0.1, -0.05) is 27.7 Å². The lowest BCUT2D eigenvalue weighted by molar-refractivity contribution is -0.142. The predicted octanol–water partition coefficient (Wildman–Crippen LogP) is 2.25. The second-order valence-corrected chi connectivity index (χ2v) is 9.82. The zero-order valence-corrected chi connectivity index (χ0v) is 17.6. The molecular formula is C18H34N2O4S. The van der Waals surface area contributed by atoms with Crippen molar-refractivity contribution in [3.63, 3.8) is 0 Å². The molecule has 0 aliphatic carbocycles. The number of ketones is 1. The topological polar surface area (TPSA) is 98.5 Å². The molecule has 0 aromatic rings. The summed E-state index contributed by atoms with van der Waals surface area (Å²) in [7, 11) is -1.25. The van der Waals surface area contributed by atoms with Crippen molar-refractivity contribution in [3.8, 4) is 0 Å². The molecular weight excluding hydrogens is 340 g/mol. The molecule has 2 unspecified atom stereocenters. The molecule has 0 fully saturated rings. The van der Waals surface area contributed by atoms with Crippen LogP contribution in [0.2, 0.25) is 0 Å². The number of allylic oxidation sites excluding steroid dienone is 1. The molecule has 0 aromatic carbocycles. The third-order valence-electron chi connectivity index (χ3n) is 3.18. The van der Waals surface area contributed by atoms with Gasteiger partial charge in [0.05, 0.1) is 5.75 Å². The highest BCUT2D eigenvalue weighted by molar-refractivity contribution is 7.85. The highest BCUT2D eigenvalue weighted by Gasteiger charge is 2.29. The van der Waals surface area contributed by atoms with Crippen molar-refractivity contribution in [1.82, 2.24) is 5.32 Å². The fourth-order valence-electron chi connectivity index (χ4n) is 2.06. The molecule has 2 atom stereocenters. The third kappa shape index (κ3) is 9.16. The van der Waals surface area contributed by atoms with Crippen molar-refractivity contribution in [2.45, 2.75) is 73.4 Å². The Morgan fingerprint density at radius 2 is 1.68 bits per heavy atom. The molecule has 146 valence electrons. The van der Waals surface area contributed by atoms with E-state index in [1.807, 2.05) is 27.7 Å². The van der Waals surface area contributed by atoms with E-state index < -0.39 is 28.2 Å². The molecule has 0 aromatic heterocycles. The van der Waals surface area contributed by atoms with Crippen LogP contribution < -0.4 is 11.1 Å². The van der Waals surface area contributed by atoms with Crippen molar-refractivity contribution in [2.75, 3.05) is 11.5 Å². The van der Waals surface area contributed by atoms with Gasteiger partial charge in [0.15, 0.2) is 5.78 Å². The number of carbonyl (C=O) groups is 2. The van der Waals surface area contributed by atoms with E-state index in [4.69, 9.17) is 10.5 Å². The summed E-state index contributed by atoms with van der Waals surface area (Å²) in [5.74, 6) is -0.480. The molecule has 7 heteroatoms. The quantitative estimate of drug-likeness (QED) is 0.384. The third-order valence-corrected chi connectivity index (χ3v) is 4.62. The zero-order chi connectivity index (χ0) is 20.0. The molecule has 0 heterocycles. The Morgan fingerprint density at radius 3 is 2.08 bits per heavy atom. The van der Waals surface area contributed by atoms with Crippen LogP contribution in [0.15, 0.2) is 11.5 Å². The summed E-state index contributed by atoms with van der Waals surface area (Å²) in [6.07, 6.45) is 0.725. The first-order valence-corrected chi connectivity index (χ1v) is 10.1. The molecule has 0 saturated heterocycles. The summed E-state index contributed by atoms with van der Waals surface area (Å²) in [5, 5.41) is 3.10. The average Bonchev–Trinajstić information content (AvgIpc) is 2.42. The van der Waals surface area contributed by atoms with E-state index in [1.54, 1.807) is 27.7 Å². The SMILES string of the molecule is CCCS(=O)C/C(OC(=O)C(C)NC(C)(C)C)=C(/N)C(=O)C(C)(C)C. The molecule has 0 amide bonds. The van der Waals surface area contributed by atoms with E-state index in [0.29, 0.717) is 5.75 Å². The summed E-state index contributed by atoms with van der Waals surface area (Å²) in [6.45, 7) is 14.6. The van der Waals surface area contributed by atoms with E-state index in [9.17, 15) is 13.8 Å². The van der Waals surface area contributed by atoms with Gasteiger partial charge in [-0.05, 0) is 34.1 Å². The largest absolute Gasteiger partial charge is 0.427 e. The molecule has 3 N–H and O–H groups in total. The van der Waals surface area contributed by atoms with Crippen LogP contribution in [0.5, 0.6) is 0 Å². The number of hydrogen-bond acceptors (Lipinski definition) is 6. The van der Waals surface area contributed by atoms with Gasteiger partial charge in [-0.15, -0.1) is 0 Å². The first kappa shape index (κ1) is 23.8. The van der Waals surface area contributed by atoms with Crippen LogP contribution in [0.4, 0.5) is 0 Å². The summed E-state index contributed by atoms with van der Waals surface area (Å²) in [6, 6.07) is -0.591. The van der Waals surface area contributed by atoms with Crippen molar-refractivity contribution >= 4 is 22.6 Å². The Morgan fingerprint density at radius 1 is 1.16 bits per heavy atom. The van der Waals surface area contributed by atoms with Crippen molar-refractivity contribution in [3.05, 3.63) is 11.5 Å². The molecule has 0 aliphatic heterocycles. The van der Waals surface area contributed by atoms with Crippen LogP contribution >= 0.6 is 0 Å². The van der Waals surface area contributed by atoms with Crippen LogP contribution in [0.25, 0.3) is 0 Å². The Hall–Kier alpha value is -1.21. The van der Waals surface area contributed by atoms with E-state index in [2.05, 4.69) is 5.32 Å². The molecule has 0 radical (unpaired) electrons. The van der Waals surface area contributed by atoms with E-state index >= 15 is 0 Å². The lowest BCUT2D eigenvalue weighted by atomic mass is 9.89. The molecule has 6 nitrogen and oxygen atoms in total. The molecule has 0 saturated carbocycles. The fourth-order valence-corrected chi connectivity index (χ4v) is 3.16. The highest BCUT2D eigenvalue weighted by atomic mass is 32.2. The second kappa shape index (κ2) is 9.48. The Labute approximate surface area is 154 Å². The van der Waals surface area contributed by atoms with Gasteiger partial charge in [-0.25, -0.2) is 4.79 Å². The molecule has 0 bridgehead atoms. The number of ether oxygens (including phenoxy) is 1. The highest BCUT2D eigenvalue weighted by Crippen LogP contribution is 2.20. The van der Waals surface area contributed by atoms with E-state index in [0.717, 1.165) is 6.42 Å². The first-order chi connectivity index (χ1) is 11.2. The molecule has 0 rings (SSSR count). The van der Waals surface area contributed by atoms with Gasteiger partial charge >= 0.3 is 5.97 Å². The molecule has 0 aliphatic rings. The van der Waals surface area contributed by atoms with Gasteiger partial charge < -0.3 is 10.5 Å². The summed E-state index contributed by atoms with van der Waals surface area (Å²) < 4.78 is 17.5. The van der Waals surface area contributed by atoms with Crippen molar-refractivity contribution < 1.29 is 18.5 Å².